The molecule has 0 radical (unpaired) electrons. The molecule has 1 amide bonds. The van der Waals surface area contributed by atoms with Crippen LogP contribution in [0, 0.1) is 0 Å². The Morgan fingerprint density at radius 2 is 1.87 bits per heavy atom. The first kappa shape index (κ1) is 16.7. The summed E-state index contributed by atoms with van der Waals surface area (Å²) < 4.78 is 9.98. The smallest absolute Gasteiger partial charge is 0.271 e. The fourth-order valence-corrected chi connectivity index (χ4v) is 1.84. The third kappa shape index (κ3) is 5.23. The molecule has 122 valence electrons. The number of methoxy groups -OCH3 is 2. The number of carbonyl (C=O) groups is 1. The van der Waals surface area contributed by atoms with Crippen LogP contribution in [-0.2, 0) is 11.3 Å². The summed E-state index contributed by atoms with van der Waals surface area (Å²) in [6, 6.07) is 11.1. The second-order valence-electron chi connectivity index (χ2n) is 4.75. The molecule has 0 fully saturated rings. The number of nitrogens with one attached hydrogen (secondary N) is 2. The molecule has 7 nitrogen and oxygen atoms in total. The Morgan fingerprint density at radius 3 is 2.48 bits per heavy atom. The zero-order chi connectivity index (χ0) is 16.5. The first-order valence-electron chi connectivity index (χ1n) is 7.20. The van der Waals surface area contributed by atoms with Crippen LogP contribution in [0.25, 0.3) is 0 Å². The molecule has 2 rings (SSSR count). The van der Waals surface area contributed by atoms with Crippen LogP contribution in [-0.4, -0.2) is 43.5 Å². The topological polar surface area (TPSA) is 85.4 Å². The number of nitrogens with zero attached hydrogens (tertiary/aromatic N) is 2. The van der Waals surface area contributed by atoms with Gasteiger partial charge in [0.2, 0.25) is 0 Å². The molecule has 7 heteroatoms. The number of benzene rings is 1. The van der Waals surface area contributed by atoms with E-state index in [2.05, 4.69) is 20.8 Å². The Labute approximate surface area is 135 Å². The van der Waals surface area contributed by atoms with Crippen LogP contribution in [0.3, 0.4) is 0 Å². The second-order valence-corrected chi connectivity index (χ2v) is 4.75. The summed E-state index contributed by atoms with van der Waals surface area (Å²) in [6.45, 7) is 1.51. The molecule has 1 heterocycles. The standard InChI is InChI=1S/C16H20N4O3/c1-22-10-9-17-16(21)14-7-8-15(20-19-14)18-11-12-3-5-13(23-2)6-4-12/h3-8H,9-11H2,1-2H3,(H,17,21)(H,18,20). The number of anilines is 1. The van der Waals surface area contributed by atoms with Crippen LogP contribution < -0.4 is 15.4 Å². The number of hydrogen-bond donors (Lipinski definition) is 2. The van der Waals surface area contributed by atoms with E-state index in [9.17, 15) is 4.79 Å². The van der Waals surface area contributed by atoms with Crippen molar-refractivity contribution in [3.8, 4) is 5.75 Å². The van der Waals surface area contributed by atoms with Gasteiger partial charge in [-0.2, -0.15) is 0 Å². The van der Waals surface area contributed by atoms with Crippen molar-refractivity contribution in [3.05, 3.63) is 47.7 Å². The SMILES string of the molecule is COCCNC(=O)c1ccc(NCc2ccc(OC)cc2)nn1. The van der Waals surface area contributed by atoms with E-state index in [0.29, 0.717) is 25.5 Å². The van der Waals surface area contributed by atoms with E-state index in [1.165, 1.54) is 0 Å². The maximum atomic E-state index is 11.8. The molecule has 0 unspecified atom stereocenters. The Morgan fingerprint density at radius 1 is 1.09 bits per heavy atom. The van der Waals surface area contributed by atoms with Crippen LogP contribution in [0.4, 0.5) is 5.82 Å². The summed E-state index contributed by atoms with van der Waals surface area (Å²) in [5, 5.41) is 13.8. The number of aromatic nitrogens is 2. The number of hydrogen-bond acceptors (Lipinski definition) is 6. The first-order chi connectivity index (χ1) is 11.2. The molecule has 0 atom stereocenters. The maximum absolute atomic E-state index is 11.8. The number of amides is 1. The van der Waals surface area contributed by atoms with Crippen molar-refractivity contribution in [3.63, 3.8) is 0 Å². The second kappa shape index (κ2) is 8.70. The quantitative estimate of drug-likeness (QED) is 0.718. The van der Waals surface area contributed by atoms with E-state index in [1.54, 1.807) is 26.4 Å². The molecule has 0 aliphatic rings. The van der Waals surface area contributed by atoms with E-state index in [1.807, 2.05) is 24.3 Å². The summed E-state index contributed by atoms with van der Waals surface area (Å²) in [4.78, 5) is 11.8. The Hall–Kier alpha value is -2.67. The predicted molar refractivity (Wildman–Crippen MR) is 86.6 cm³/mol. The zero-order valence-corrected chi connectivity index (χ0v) is 13.2. The van der Waals surface area contributed by atoms with Crippen LogP contribution in [0.5, 0.6) is 5.75 Å². The first-order valence-corrected chi connectivity index (χ1v) is 7.20. The van der Waals surface area contributed by atoms with Gasteiger partial charge in [0.15, 0.2) is 5.69 Å². The average Bonchev–Trinajstić information content (AvgIpc) is 2.61. The molecule has 0 aliphatic carbocycles. The van der Waals surface area contributed by atoms with Gasteiger partial charge in [0, 0.05) is 20.2 Å². The summed E-state index contributed by atoms with van der Waals surface area (Å²) >= 11 is 0. The minimum atomic E-state index is -0.267. The molecule has 0 bridgehead atoms. The van der Waals surface area contributed by atoms with Crippen molar-refractivity contribution in [1.29, 1.82) is 0 Å². The van der Waals surface area contributed by atoms with E-state index in [-0.39, 0.29) is 11.6 Å². The molecular formula is C16H20N4O3. The molecule has 1 aromatic heterocycles. The van der Waals surface area contributed by atoms with E-state index in [4.69, 9.17) is 9.47 Å². The lowest BCUT2D eigenvalue weighted by molar-refractivity contribution is 0.0931. The van der Waals surface area contributed by atoms with Gasteiger partial charge in [-0.1, -0.05) is 12.1 Å². The molecule has 2 aromatic rings. The highest BCUT2D eigenvalue weighted by molar-refractivity contribution is 5.92. The van der Waals surface area contributed by atoms with Gasteiger partial charge in [-0.05, 0) is 29.8 Å². The number of carbonyl (C=O) groups excluding carboxylic acids is 1. The largest absolute Gasteiger partial charge is 0.497 e. The Kier molecular flexibility index (Phi) is 6.31. The van der Waals surface area contributed by atoms with Crippen molar-refractivity contribution in [2.24, 2.45) is 0 Å². The highest BCUT2D eigenvalue weighted by Crippen LogP contribution is 2.12. The van der Waals surface area contributed by atoms with Gasteiger partial charge in [0.05, 0.1) is 13.7 Å². The zero-order valence-electron chi connectivity index (χ0n) is 13.2. The molecular weight excluding hydrogens is 296 g/mol. The molecule has 2 N–H and O–H groups in total. The Balaban J connectivity index is 1.85. The van der Waals surface area contributed by atoms with Crippen LogP contribution in [0.1, 0.15) is 16.1 Å². The molecule has 0 saturated carbocycles. The van der Waals surface area contributed by atoms with Gasteiger partial charge in [-0.25, -0.2) is 0 Å². The maximum Gasteiger partial charge on any atom is 0.271 e. The minimum Gasteiger partial charge on any atom is -0.497 e. The van der Waals surface area contributed by atoms with Crippen LogP contribution >= 0.6 is 0 Å². The highest BCUT2D eigenvalue weighted by atomic mass is 16.5. The lowest BCUT2D eigenvalue weighted by Crippen LogP contribution is -2.27. The summed E-state index contributed by atoms with van der Waals surface area (Å²) in [5.41, 5.74) is 1.37. The molecule has 0 aliphatic heterocycles. The fourth-order valence-electron chi connectivity index (χ4n) is 1.84. The third-order valence-electron chi connectivity index (χ3n) is 3.12. The molecule has 23 heavy (non-hydrogen) atoms. The summed E-state index contributed by atoms with van der Waals surface area (Å²) in [5.74, 6) is 1.16. The molecule has 1 aromatic carbocycles. The monoisotopic (exact) mass is 316 g/mol. The van der Waals surface area contributed by atoms with Gasteiger partial charge < -0.3 is 20.1 Å². The van der Waals surface area contributed by atoms with E-state index < -0.39 is 0 Å². The summed E-state index contributed by atoms with van der Waals surface area (Å²) in [6.07, 6.45) is 0. The summed E-state index contributed by atoms with van der Waals surface area (Å²) in [7, 11) is 3.21. The predicted octanol–water partition coefficient (Wildman–Crippen LogP) is 1.47. The molecule has 0 spiro atoms. The highest BCUT2D eigenvalue weighted by Gasteiger charge is 2.07. The van der Waals surface area contributed by atoms with Crippen molar-refractivity contribution in [2.45, 2.75) is 6.54 Å². The normalized spacial score (nSPS) is 10.2. The van der Waals surface area contributed by atoms with Crippen molar-refractivity contribution >= 4 is 11.7 Å². The Bertz CT molecular complexity index is 614. The van der Waals surface area contributed by atoms with Gasteiger partial charge in [-0.3, -0.25) is 4.79 Å². The fraction of sp³-hybridized carbons (Fsp3) is 0.312. The van der Waals surface area contributed by atoms with Crippen molar-refractivity contribution < 1.29 is 14.3 Å². The van der Waals surface area contributed by atoms with Gasteiger partial charge in [0.1, 0.15) is 11.6 Å². The minimum absolute atomic E-state index is 0.267. The lowest BCUT2D eigenvalue weighted by Gasteiger charge is -2.07. The van der Waals surface area contributed by atoms with Crippen molar-refractivity contribution in [1.82, 2.24) is 15.5 Å². The third-order valence-corrected chi connectivity index (χ3v) is 3.12. The lowest BCUT2D eigenvalue weighted by atomic mass is 10.2. The number of ether oxygens (including phenoxy) is 2. The van der Waals surface area contributed by atoms with E-state index in [0.717, 1.165) is 11.3 Å². The van der Waals surface area contributed by atoms with Gasteiger partial charge in [0.25, 0.3) is 5.91 Å². The average molecular weight is 316 g/mol. The van der Waals surface area contributed by atoms with Crippen LogP contribution in [0.15, 0.2) is 36.4 Å². The van der Waals surface area contributed by atoms with Gasteiger partial charge >= 0.3 is 0 Å². The van der Waals surface area contributed by atoms with E-state index >= 15 is 0 Å². The number of rotatable bonds is 8. The molecule has 0 saturated heterocycles. The van der Waals surface area contributed by atoms with Crippen molar-refractivity contribution in [2.75, 3.05) is 32.7 Å². The van der Waals surface area contributed by atoms with Crippen LogP contribution in [0.2, 0.25) is 0 Å². The van der Waals surface area contributed by atoms with Gasteiger partial charge in [-0.15, -0.1) is 10.2 Å².